The molecular weight excluding hydrogens is 418 g/mol. The minimum Gasteiger partial charge on any atom is -0.496 e. The summed E-state index contributed by atoms with van der Waals surface area (Å²) in [6.45, 7) is 1.97. The van der Waals surface area contributed by atoms with Crippen LogP contribution in [0.15, 0.2) is 81.6 Å². The van der Waals surface area contributed by atoms with Gasteiger partial charge < -0.3 is 9.64 Å². The lowest BCUT2D eigenvalue weighted by Gasteiger charge is -2.14. The number of thioether (sulfide) groups is 1. The monoisotopic (exact) mass is 439 g/mol. The Morgan fingerprint density at radius 1 is 1.03 bits per heavy atom. The Bertz CT molecular complexity index is 1270. The number of methoxy groups -OCH3 is 1. The van der Waals surface area contributed by atoms with Crippen molar-refractivity contribution in [3.63, 3.8) is 0 Å². The van der Waals surface area contributed by atoms with Gasteiger partial charge >= 0.3 is 0 Å². The Balaban J connectivity index is 1.69. The molecule has 0 aromatic heterocycles. The van der Waals surface area contributed by atoms with E-state index in [0.29, 0.717) is 22.4 Å². The molecule has 158 valence electrons. The second-order valence-corrected chi connectivity index (χ2v) is 8.71. The zero-order valence-electron chi connectivity index (χ0n) is 18.0. The van der Waals surface area contributed by atoms with Crippen molar-refractivity contribution in [1.82, 2.24) is 0 Å². The number of carbonyl (C=O) groups is 2. The first kappa shape index (κ1) is 21.5. The van der Waals surface area contributed by atoms with Crippen molar-refractivity contribution in [1.29, 1.82) is 0 Å². The van der Waals surface area contributed by atoms with Gasteiger partial charge in [-0.2, -0.15) is 0 Å². The molecule has 0 saturated heterocycles. The van der Waals surface area contributed by atoms with E-state index in [0.717, 1.165) is 21.1 Å². The van der Waals surface area contributed by atoms with Crippen LogP contribution >= 0.6 is 11.8 Å². The summed E-state index contributed by atoms with van der Waals surface area (Å²) in [4.78, 5) is 29.4. The molecule has 1 aliphatic carbocycles. The van der Waals surface area contributed by atoms with Crippen molar-refractivity contribution in [3.8, 4) is 18.2 Å². The van der Waals surface area contributed by atoms with Crippen molar-refractivity contribution < 1.29 is 14.3 Å². The number of Topliss-reactive ketones (excluding diaryl/α,β-unsaturated/α-hetero) is 2. The fraction of sp³-hybridized carbons (Fsp3) is 0.111. The van der Waals surface area contributed by atoms with Gasteiger partial charge in [-0.25, -0.2) is 0 Å². The summed E-state index contributed by atoms with van der Waals surface area (Å²) in [7, 11) is 3.42. The third-order valence-electron chi connectivity index (χ3n) is 5.32. The number of rotatable bonds is 4. The maximum atomic E-state index is 12.9. The highest BCUT2D eigenvalue weighted by Crippen LogP contribution is 2.38. The van der Waals surface area contributed by atoms with Crippen LogP contribution in [0.25, 0.3) is 6.08 Å². The highest BCUT2D eigenvalue weighted by atomic mass is 32.2. The molecule has 0 spiro atoms. The van der Waals surface area contributed by atoms with Crippen LogP contribution in [0.3, 0.4) is 0 Å². The molecule has 1 aliphatic heterocycles. The fourth-order valence-electron chi connectivity index (χ4n) is 3.69. The lowest BCUT2D eigenvalue weighted by molar-refractivity contribution is 0.0988. The molecule has 5 heteroatoms. The van der Waals surface area contributed by atoms with Crippen LogP contribution in [-0.2, 0) is 0 Å². The van der Waals surface area contributed by atoms with Gasteiger partial charge in [0.2, 0.25) is 0 Å². The fourth-order valence-corrected chi connectivity index (χ4v) is 4.57. The van der Waals surface area contributed by atoms with Crippen LogP contribution in [0, 0.1) is 12.5 Å². The molecule has 0 radical (unpaired) electrons. The number of ketones is 2. The number of hydrogen-bond acceptors (Lipinski definition) is 5. The molecule has 0 bridgehead atoms. The van der Waals surface area contributed by atoms with E-state index in [1.54, 1.807) is 48.0 Å². The van der Waals surface area contributed by atoms with Crippen molar-refractivity contribution in [2.45, 2.75) is 6.92 Å². The van der Waals surface area contributed by atoms with E-state index in [9.17, 15) is 9.59 Å². The van der Waals surface area contributed by atoms with Gasteiger partial charge in [0.05, 0.1) is 18.4 Å². The highest BCUT2D eigenvalue weighted by Gasteiger charge is 2.34. The summed E-state index contributed by atoms with van der Waals surface area (Å²) in [5, 5.41) is 0. The first-order valence-corrected chi connectivity index (χ1v) is 10.8. The molecule has 2 aromatic carbocycles. The van der Waals surface area contributed by atoms with Crippen LogP contribution in [0.5, 0.6) is 5.75 Å². The van der Waals surface area contributed by atoms with E-state index in [-0.39, 0.29) is 17.1 Å². The second kappa shape index (κ2) is 8.78. The Morgan fingerprint density at radius 2 is 1.72 bits per heavy atom. The Hall–Kier alpha value is -3.75. The standard InChI is InChI=1S/C27H21NO3S/c1-5-28(3)20-12-10-18(24(16-20)31-4)11-13-21-15-19(14-17(2)32-21)25-26(29)22-8-6-7-9-23(22)27(25)30/h1,6-16H,2-4H3/b13-11+. The quantitative estimate of drug-likeness (QED) is 0.267. The van der Waals surface area contributed by atoms with Gasteiger partial charge in [-0.05, 0) is 47.8 Å². The first-order chi connectivity index (χ1) is 15.4. The van der Waals surface area contributed by atoms with Gasteiger partial charge in [0.15, 0.2) is 11.6 Å². The van der Waals surface area contributed by atoms with E-state index < -0.39 is 0 Å². The molecule has 0 amide bonds. The third kappa shape index (κ3) is 3.93. The van der Waals surface area contributed by atoms with E-state index in [2.05, 4.69) is 6.04 Å². The number of anilines is 1. The predicted molar refractivity (Wildman–Crippen MR) is 131 cm³/mol. The number of ether oxygens (including phenoxy) is 1. The third-order valence-corrected chi connectivity index (χ3v) is 6.25. The minimum atomic E-state index is -0.217. The molecule has 0 unspecified atom stereocenters. The van der Waals surface area contributed by atoms with Gasteiger partial charge in [0.25, 0.3) is 0 Å². The molecule has 0 fully saturated rings. The number of hydrogen-bond donors (Lipinski definition) is 0. The highest BCUT2D eigenvalue weighted by molar-refractivity contribution is 8.06. The van der Waals surface area contributed by atoms with Crippen molar-refractivity contribution in [3.05, 3.63) is 98.3 Å². The lowest BCUT2D eigenvalue weighted by Crippen LogP contribution is -2.08. The van der Waals surface area contributed by atoms with Crippen molar-refractivity contribution in [2.75, 3.05) is 19.1 Å². The molecular formula is C27H21NO3S. The molecule has 2 aromatic rings. The molecule has 4 rings (SSSR count). The zero-order chi connectivity index (χ0) is 22.8. The van der Waals surface area contributed by atoms with Gasteiger partial charge in [-0.15, -0.1) is 0 Å². The number of benzene rings is 2. The molecule has 0 saturated carbocycles. The van der Waals surface area contributed by atoms with Crippen LogP contribution in [-0.4, -0.2) is 25.7 Å². The van der Waals surface area contributed by atoms with Crippen LogP contribution in [0.2, 0.25) is 0 Å². The zero-order valence-corrected chi connectivity index (χ0v) is 18.8. The first-order valence-electron chi connectivity index (χ1n) is 9.99. The summed E-state index contributed by atoms with van der Waals surface area (Å²) < 4.78 is 5.53. The number of nitrogens with zero attached hydrogens (tertiary/aromatic N) is 1. The Morgan fingerprint density at radius 3 is 2.34 bits per heavy atom. The summed E-state index contributed by atoms with van der Waals surface area (Å²) >= 11 is 1.58. The largest absolute Gasteiger partial charge is 0.496 e. The number of fused-ring (bicyclic) bond motifs is 1. The van der Waals surface area contributed by atoms with Crippen molar-refractivity contribution >= 4 is 35.1 Å². The number of allylic oxidation sites excluding steroid dienone is 6. The average molecular weight is 440 g/mol. The normalized spacial score (nSPS) is 15.4. The number of carbonyl (C=O) groups excluding carboxylic acids is 2. The van der Waals surface area contributed by atoms with E-state index in [1.807, 2.05) is 56.5 Å². The summed E-state index contributed by atoms with van der Waals surface area (Å²) in [5.41, 5.74) is 3.57. The number of terminal acetylenes is 1. The molecule has 0 atom stereocenters. The average Bonchev–Trinajstić information content (AvgIpc) is 3.06. The predicted octanol–water partition coefficient (Wildman–Crippen LogP) is 5.65. The molecule has 0 N–H and O–H groups in total. The smallest absolute Gasteiger partial charge is 0.198 e. The van der Waals surface area contributed by atoms with Crippen LogP contribution < -0.4 is 9.64 Å². The SMILES string of the molecule is C#CN(C)c1ccc(/C=C/C2=CC(=C3C(=O)c4ccccc4C3=O)C=C(C)S2)c(OC)c1. The molecule has 1 heterocycles. The lowest BCUT2D eigenvalue weighted by atomic mass is 10.0. The maximum absolute atomic E-state index is 12.9. The van der Waals surface area contributed by atoms with E-state index in [1.165, 1.54) is 0 Å². The van der Waals surface area contributed by atoms with Crippen LogP contribution in [0.1, 0.15) is 33.2 Å². The van der Waals surface area contributed by atoms with Crippen LogP contribution in [0.4, 0.5) is 5.69 Å². The topological polar surface area (TPSA) is 46.6 Å². The molecule has 2 aliphatic rings. The second-order valence-electron chi connectivity index (χ2n) is 7.39. The van der Waals surface area contributed by atoms with Gasteiger partial charge in [0, 0.05) is 40.8 Å². The molecule has 32 heavy (non-hydrogen) atoms. The maximum Gasteiger partial charge on any atom is 0.198 e. The summed E-state index contributed by atoms with van der Waals surface area (Å²) in [5.74, 6) is 0.266. The van der Waals surface area contributed by atoms with Gasteiger partial charge in [-0.3, -0.25) is 9.59 Å². The van der Waals surface area contributed by atoms with E-state index in [4.69, 9.17) is 11.2 Å². The van der Waals surface area contributed by atoms with E-state index >= 15 is 0 Å². The Kier molecular flexibility index (Phi) is 5.89. The van der Waals surface area contributed by atoms with Crippen molar-refractivity contribution in [2.24, 2.45) is 0 Å². The van der Waals surface area contributed by atoms with Gasteiger partial charge in [0.1, 0.15) is 5.75 Å². The molecule has 4 nitrogen and oxygen atoms in total. The van der Waals surface area contributed by atoms with Gasteiger partial charge in [-0.1, -0.05) is 48.5 Å². The Labute approximate surface area is 192 Å². The summed E-state index contributed by atoms with van der Waals surface area (Å²) in [6.07, 6.45) is 13.2. The minimum absolute atomic E-state index is 0.217. The summed E-state index contributed by atoms with van der Waals surface area (Å²) in [6, 6.07) is 15.3.